The monoisotopic (exact) mass is 318 g/mol. The quantitative estimate of drug-likeness (QED) is 0.726. The maximum atomic E-state index is 9.20. The van der Waals surface area contributed by atoms with Gasteiger partial charge in [0.1, 0.15) is 11.9 Å². The highest BCUT2D eigenvalue weighted by atomic mass is 15.2. The maximum Gasteiger partial charge on any atom is 0.183 e. The number of piperidine rings is 1. The van der Waals surface area contributed by atoms with Crippen LogP contribution in [-0.4, -0.2) is 32.6 Å². The van der Waals surface area contributed by atoms with E-state index in [0.717, 1.165) is 37.3 Å². The number of fused-ring (bicyclic) bond motifs is 1. The lowest BCUT2D eigenvalue weighted by atomic mass is 9.96. The Kier molecular flexibility index (Phi) is 3.62. The lowest BCUT2D eigenvalue weighted by Gasteiger charge is -2.32. The van der Waals surface area contributed by atoms with Gasteiger partial charge in [-0.25, -0.2) is 15.0 Å². The molecule has 0 unspecified atom stereocenters. The van der Waals surface area contributed by atoms with Gasteiger partial charge in [0, 0.05) is 38.4 Å². The van der Waals surface area contributed by atoms with Crippen LogP contribution in [0.15, 0.2) is 36.7 Å². The Labute approximate surface area is 140 Å². The number of aryl methyl sites for hydroxylation is 1. The van der Waals surface area contributed by atoms with Crippen LogP contribution in [0.3, 0.4) is 0 Å². The number of rotatable bonds is 2. The van der Waals surface area contributed by atoms with E-state index in [-0.39, 0.29) is 0 Å². The van der Waals surface area contributed by atoms with Gasteiger partial charge in [0.15, 0.2) is 11.5 Å². The zero-order chi connectivity index (χ0) is 16.5. The first-order chi connectivity index (χ1) is 11.8. The third-order valence-electron chi connectivity index (χ3n) is 4.77. The molecule has 3 aromatic rings. The standard InChI is InChI=1S/C18H18N6/c1-23-16-5-3-2-4-14(16)22-17(23)13-6-10-24(11-7-13)18-15(12-19)20-8-9-21-18/h2-5,8-9,13H,6-7,10-11H2,1H3. The van der Waals surface area contributed by atoms with E-state index >= 15 is 0 Å². The summed E-state index contributed by atoms with van der Waals surface area (Å²) < 4.78 is 2.21. The molecule has 3 heterocycles. The van der Waals surface area contributed by atoms with E-state index in [1.807, 2.05) is 12.1 Å². The van der Waals surface area contributed by atoms with Gasteiger partial charge in [0.05, 0.1) is 11.0 Å². The second-order valence-electron chi connectivity index (χ2n) is 6.12. The molecule has 0 amide bonds. The first kappa shape index (κ1) is 14.6. The number of aromatic nitrogens is 4. The van der Waals surface area contributed by atoms with Gasteiger partial charge in [-0.1, -0.05) is 12.1 Å². The average molecular weight is 318 g/mol. The SMILES string of the molecule is Cn1c(C2CCN(c3nccnc3C#N)CC2)nc2ccccc21. The van der Waals surface area contributed by atoms with Gasteiger partial charge in [0.2, 0.25) is 0 Å². The summed E-state index contributed by atoms with van der Waals surface area (Å²) in [7, 11) is 2.09. The van der Waals surface area contributed by atoms with Crippen molar-refractivity contribution in [3.8, 4) is 6.07 Å². The van der Waals surface area contributed by atoms with E-state index in [4.69, 9.17) is 4.98 Å². The van der Waals surface area contributed by atoms with Crippen LogP contribution in [0.4, 0.5) is 5.82 Å². The van der Waals surface area contributed by atoms with Crippen molar-refractivity contribution >= 4 is 16.9 Å². The summed E-state index contributed by atoms with van der Waals surface area (Å²) in [5.41, 5.74) is 2.63. The lowest BCUT2D eigenvalue weighted by Crippen LogP contribution is -2.34. The molecule has 0 atom stereocenters. The van der Waals surface area contributed by atoms with Crippen molar-refractivity contribution in [1.29, 1.82) is 5.26 Å². The van der Waals surface area contributed by atoms with E-state index in [0.29, 0.717) is 17.4 Å². The Morgan fingerprint density at radius 1 is 1.12 bits per heavy atom. The predicted molar refractivity (Wildman–Crippen MR) is 91.6 cm³/mol. The summed E-state index contributed by atoms with van der Waals surface area (Å²) in [5, 5.41) is 9.20. The molecule has 0 N–H and O–H groups in total. The van der Waals surface area contributed by atoms with Crippen molar-refractivity contribution in [2.75, 3.05) is 18.0 Å². The molecule has 0 bridgehead atoms. The Balaban J connectivity index is 1.56. The van der Waals surface area contributed by atoms with Crippen LogP contribution in [0.25, 0.3) is 11.0 Å². The van der Waals surface area contributed by atoms with E-state index in [2.05, 4.69) is 44.7 Å². The third kappa shape index (κ3) is 2.38. The van der Waals surface area contributed by atoms with Gasteiger partial charge in [-0.05, 0) is 25.0 Å². The summed E-state index contributed by atoms with van der Waals surface area (Å²) in [4.78, 5) is 15.4. The summed E-state index contributed by atoms with van der Waals surface area (Å²) in [6.07, 6.45) is 5.21. The van der Waals surface area contributed by atoms with Crippen LogP contribution in [0.5, 0.6) is 0 Å². The molecule has 1 aliphatic rings. The average Bonchev–Trinajstić information content (AvgIpc) is 2.99. The number of imidazole rings is 1. The highest BCUT2D eigenvalue weighted by Crippen LogP contribution is 2.31. The molecule has 24 heavy (non-hydrogen) atoms. The number of benzene rings is 1. The van der Waals surface area contributed by atoms with Gasteiger partial charge in [-0.3, -0.25) is 0 Å². The third-order valence-corrected chi connectivity index (χ3v) is 4.77. The maximum absolute atomic E-state index is 9.20. The Morgan fingerprint density at radius 3 is 2.62 bits per heavy atom. The van der Waals surface area contributed by atoms with Crippen molar-refractivity contribution in [3.63, 3.8) is 0 Å². The fraction of sp³-hybridized carbons (Fsp3) is 0.333. The molecule has 2 aromatic heterocycles. The van der Waals surface area contributed by atoms with Crippen molar-refractivity contribution in [1.82, 2.24) is 19.5 Å². The highest BCUT2D eigenvalue weighted by molar-refractivity contribution is 5.75. The molecular weight excluding hydrogens is 300 g/mol. The van der Waals surface area contributed by atoms with Crippen LogP contribution in [-0.2, 0) is 7.05 Å². The highest BCUT2D eigenvalue weighted by Gasteiger charge is 2.26. The molecule has 6 nitrogen and oxygen atoms in total. The molecule has 4 rings (SSSR count). The number of para-hydroxylation sites is 2. The van der Waals surface area contributed by atoms with Crippen molar-refractivity contribution in [2.24, 2.45) is 7.05 Å². The molecular formula is C18H18N6. The first-order valence-electron chi connectivity index (χ1n) is 8.15. The summed E-state index contributed by atoms with van der Waals surface area (Å²) in [6, 6.07) is 10.4. The van der Waals surface area contributed by atoms with Gasteiger partial charge < -0.3 is 9.47 Å². The molecule has 0 saturated carbocycles. The fourth-order valence-corrected chi connectivity index (χ4v) is 3.52. The van der Waals surface area contributed by atoms with E-state index in [1.165, 1.54) is 5.52 Å². The molecule has 1 saturated heterocycles. The van der Waals surface area contributed by atoms with Gasteiger partial charge in [-0.2, -0.15) is 5.26 Å². The van der Waals surface area contributed by atoms with Gasteiger partial charge >= 0.3 is 0 Å². The summed E-state index contributed by atoms with van der Waals surface area (Å²) >= 11 is 0. The fourth-order valence-electron chi connectivity index (χ4n) is 3.52. The summed E-state index contributed by atoms with van der Waals surface area (Å²) in [6.45, 7) is 1.72. The van der Waals surface area contributed by atoms with Crippen LogP contribution in [0, 0.1) is 11.3 Å². The van der Waals surface area contributed by atoms with Crippen LogP contribution in [0.1, 0.15) is 30.3 Å². The zero-order valence-corrected chi connectivity index (χ0v) is 13.6. The van der Waals surface area contributed by atoms with E-state index in [1.54, 1.807) is 12.4 Å². The largest absolute Gasteiger partial charge is 0.354 e. The molecule has 120 valence electrons. The number of hydrogen-bond donors (Lipinski definition) is 0. The first-order valence-corrected chi connectivity index (χ1v) is 8.15. The van der Waals surface area contributed by atoms with Crippen LogP contribution >= 0.6 is 0 Å². The number of nitrogens with zero attached hydrogens (tertiary/aromatic N) is 6. The Morgan fingerprint density at radius 2 is 1.88 bits per heavy atom. The normalized spacial score (nSPS) is 15.6. The Hall–Kier alpha value is -2.94. The zero-order valence-electron chi connectivity index (χ0n) is 13.6. The Bertz CT molecular complexity index is 915. The molecule has 0 spiro atoms. The minimum atomic E-state index is 0.402. The number of nitriles is 1. The topological polar surface area (TPSA) is 70.6 Å². The minimum absolute atomic E-state index is 0.402. The minimum Gasteiger partial charge on any atom is -0.354 e. The van der Waals surface area contributed by atoms with Gasteiger partial charge in [-0.15, -0.1) is 0 Å². The molecule has 1 fully saturated rings. The molecule has 0 radical (unpaired) electrons. The van der Waals surface area contributed by atoms with Crippen molar-refractivity contribution in [3.05, 3.63) is 48.2 Å². The smallest absolute Gasteiger partial charge is 0.183 e. The van der Waals surface area contributed by atoms with Crippen molar-refractivity contribution in [2.45, 2.75) is 18.8 Å². The lowest BCUT2D eigenvalue weighted by molar-refractivity contribution is 0.474. The second kappa shape index (κ2) is 5.93. The predicted octanol–water partition coefficient (Wildman–Crippen LogP) is 2.62. The van der Waals surface area contributed by atoms with Crippen LogP contribution < -0.4 is 4.90 Å². The molecule has 1 aliphatic heterocycles. The van der Waals surface area contributed by atoms with E-state index < -0.39 is 0 Å². The van der Waals surface area contributed by atoms with Gasteiger partial charge in [0.25, 0.3) is 0 Å². The number of anilines is 1. The second-order valence-corrected chi connectivity index (χ2v) is 6.12. The molecule has 6 heteroatoms. The summed E-state index contributed by atoms with van der Waals surface area (Å²) in [5.74, 6) is 2.28. The molecule has 1 aromatic carbocycles. The van der Waals surface area contributed by atoms with Crippen molar-refractivity contribution < 1.29 is 0 Å². The van der Waals surface area contributed by atoms with Crippen LogP contribution in [0.2, 0.25) is 0 Å². The van der Waals surface area contributed by atoms with E-state index in [9.17, 15) is 5.26 Å². The molecule has 0 aliphatic carbocycles. The number of hydrogen-bond acceptors (Lipinski definition) is 5.